The maximum absolute atomic E-state index is 5.04. The molecule has 0 N–H and O–H groups in total. The minimum Gasteiger partial charge on any atom is -0.209 e. The second kappa shape index (κ2) is 10.2. The molecular weight excluding hydrogens is 510 g/mol. The van der Waals surface area contributed by atoms with Crippen LogP contribution in [0.3, 0.4) is 0 Å². The molecule has 0 amide bonds. The van der Waals surface area contributed by atoms with E-state index < -0.39 is 0 Å². The number of rotatable bonds is 4. The molecule has 3 nitrogen and oxygen atoms in total. The molecule has 0 bridgehead atoms. The van der Waals surface area contributed by atoms with Crippen LogP contribution in [0.25, 0.3) is 67.1 Å². The quantitative estimate of drug-likeness (QED) is 0.224. The topological polar surface area (TPSA) is 38.7 Å². The van der Waals surface area contributed by atoms with Gasteiger partial charge in [0, 0.05) is 11.1 Å². The predicted molar refractivity (Wildman–Crippen MR) is 174 cm³/mol. The van der Waals surface area contributed by atoms with Crippen LogP contribution in [0.4, 0.5) is 0 Å². The maximum Gasteiger partial charge on any atom is 0.164 e. The van der Waals surface area contributed by atoms with Crippen LogP contribution in [0.2, 0.25) is 0 Å². The summed E-state index contributed by atoms with van der Waals surface area (Å²) in [6, 6.07) is 47.1. The third-order valence-corrected chi connectivity index (χ3v) is 8.20. The van der Waals surface area contributed by atoms with Gasteiger partial charge >= 0.3 is 0 Å². The van der Waals surface area contributed by atoms with Crippen molar-refractivity contribution in [1.82, 2.24) is 15.0 Å². The average Bonchev–Trinajstić information content (AvgIpc) is 3.07. The summed E-state index contributed by atoms with van der Waals surface area (Å²) >= 11 is 0. The highest BCUT2D eigenvalue weighted by Crippen LogP contribution is 2.32. The molecule has 0 atom stereocenters. The lowest BCUT2D eigenvalue weighted by Crippen LogP contribution is -2.06. The molecule has 0 fully saturated rings. The molecule has 1 aromatic heterocycles. The zero-order valence-corrected chi connectivity index (χ0v) is 23.0. The zero-order chi connectivity index (χ0) is 27.9. The largest absolute Gasteiger partial charge is 0.209 e. The fourth-order valence-electron chi connectivity index (χ4n) is 5.90. The van der Waals surface area contributed by atoms with Gasteiger partial charge in [-0.15, -0.1) is 0 Å². The summed E-state index contributed by atoms with van der Waals surface area (Å²) in [6.45, 7) is 0. The van der Waals surface area contributed by atoms with E-state index in [0.29, 0.717) is 11.6 Å². The number of hydrogen-bond donors (Lipinski definition) is 0. The number of fused-ring (bicyclic) bond motifs is 3. The minimum atomic E-state index is 0.688. The molecule has 3 heteroatoms. The maximum atomic E-state index is 5.04. The highest BCUT2D eigenvalue weighted by atomic mass is 15.0. The molecule has 1 aliphatic rings. The van der Waals surface area contributed by atoms with E-state index >= 15 is 0 Å². The SMILES string of the molecule is C1=C(c2nc(-c3ccc(-c4ccc5ccccc5c4)cc3)nc(-c3ccc4ccccc4c3)n2)CCc2ccccc21. The van der Waals surface area contributed by atoms with Crippen molar-refractivity contribution in [1.29, 1.82) is 0 Å². The van der Waals surface area contributed by atoms with E-state index in [4.69, 9.17) is 15.0 Å². The molecule has 1 aliphatic carbocycles. The third kappa shape index (κ3) is 4.55. The number of hydrogen-bond acceptors (Lipinski definition) is 3. The molecule has 0 radical (unpaired) electrons. The van der Waals surface area contributed by atoms with E-state index in [1.54, 1.807) is 0 Å². The fourth-order valence-corrected chi connectivity index (χ4v) is 5.90. The normalized spacial score (nSPS) is 12.7. The average molecular weight is 538 g/mol. The lowest BCUT2D eigenvalue weighted by molar-refractivity contribution is 0.956. The van der Waals surface area contributed by atoms with Gasteiger partial charge in [0.05, 0.1) is 0 Å². The first-order valence-electron chi connectivity index (χ1n) is 14.4. The van der Waals surface area contributed by atoms with Gasteiger partial charge in [0.25, 0.3) is 0 Å². The number of aromatic nitrogens is 3. The Bertz CT molecular complexity index is 2140. The second-order valence-electron chi connectivity index (χ2n) is 10.9. The van der Waals surface area contributed by atoms with Crippen LogP contribution < -0.4 is 0 Å². The fraction of sp³-hybridized carbons (Fsp3) is 0.0513. The zero-order valence-electron chi connectivity index (χ0n) is 23.0. The van der Waals surface area contributed by atoms with Crippen LogP contribution in [-0.2, 0) is 6.42 Å². The summed E-state index contributed by atoms with van der Waals surface area (Å²) < 4.78 is 0. The molecule has 6 aromatic carbocycles. The van der Waals surface area contributed by atoms with E-state index in [-0.39, 0.29) is 0 Å². The minimum absolute atomic E-state index is 0.688. The Morgan fingerprint density at radius 3 is 1.64 bits per heavy atom. The highest BCUT2D eigenvalue weighted by Gasteiger charge is 2.18. The van der Waals surface area contributed by atoms with Gasteiger partial charge in [0.1, 0.15) is 0 Å². The van der Waals surface area contributed by atoms with Gasteiger partial charge in [-0.25, -0.2) is 15.0 Å². The van der Waals surface area contributed by atoms with E-state index in [9.17, 15) is 0 Å². The van der Waals surface area contributed by atoms with Crippen molar-refractivity contribution in [2.75, 3.05) is 0 Å². The van der Waals surface area contributed by atoms with Crippen LogP contribution in [0.5, 0.6) is 0 Å². The van der Waals surface area contributed by atoms with Crippen molar-refractivity contribution >= 4 is 33.2 Å². The summed E-state index contributed by atoms with van der Waals surface area (Å²) in [5.74, 6) is 2.13. The molecule has 0 saturated heterocycles. The van der Waals surface area contributed by atoms with E-state index in [1.807, 2.05) is 0 Å². The first kappa shape index (κ1) is 24.4. The number of nitrogens with zero attached hydrogens (tertiary/aromatic N) is 3. The van der Waals surface area contributed by atoms with Gasteiger partial charge in [0.15, 0.2) is 17.5 Å². The number of aryl methyl sites for hydroxylation is 1. The molecular formula is C39H27N3. The summed E-state index contributed by atoms with van der Waals surface area (Å²) in [5, 5.41) is 4.86. The number of benzene rings is 6. The second-order valence-corrected chi connectivity index (χ2v) is 10.9. The van der Waals surface area contributed by atoms with Gasteiger partial charge < -0.3 is 0 Å². The third-order valence-electron chi connectivity index (χ3n) is 8.20. The Kier molecular flexibility index (Phi) is 5.93. The van der Waals surface area contributed by atoms with Crippen molar-refractivity contribution < 1.29 is 0 Å². The van der Waals surface area contributed by atoms with Gasteiger partial charge in [-0.3, -0.25) is 0 Å². The van der Waals surface area contributed by atoms with Crippen molar-refractivity contribution in [3.63, 3.8) is 0 Å². The Morgan fingerprint density at radius 2 is 0.905 bits per heavy atom. The number of allylic oxidation sites excluding steroid dienone is 1. The molecule has 1 heterocycles. The first-order chi connectivity index (χ1) is 20.8. The van der Waals surface area contributed by atoms with Gasteiger partial charge in [-0.05, 0) is 80.4 Å². The lowest BCUT2D eigenvalue weighted by Gasteiger charge is -2.16. The van der Waals surface area contributed by atoms with Crippen LogP contribution in [-0.4, -0.2) is 15.0 Å². The van der Waals surface area contributed by atoms with E-state index in [2.05, 4.69) is 140 Å². The van der Waals surface area contributed by atoms with Crippen LogP contribution in [0.15, 0.2) is 133 Å². The van der Waals surface area contributed by atoms with Crippen LogP contribution in [0, 0.1) is 0 Å². The van der Waals surface area contributed by atoms with Crippen molar-refractivity contribution in [2.45, 2.75) is 12.8 Å². The predicted octanol–water partition coefficient (Wildman–Crippen LogP) is 9.67. The molecule has 0 aliphatic heterocycles. The molecule has 0 saturated carbocycles. The molecule has 0 unspecified atom stereocenters. The Balaban J connectivity index is 1.23. The van der Waals surface area contributed by atoms with E-state index in [1.165, 1.54) is 43.8 Å². The summed E-state index contributed by atoms with van der Waals surface area (Å²) in [4.78, 5) is 15.1. The first-order valence-corrected chi connectivity index (χ1v) is 14.4. The van der Waals surface area contributed by atoms with E-state index in [0.717, 1.165) is 35.4 Å². The van der Waals surface area contributed by atoms with Crippen LogP contribution >= 0.6 is 0 Å². The summed E-state index contributed by atoms with van der Waals surface area (Å²) in [7, 11) is 0. The highest BCUT2D eigenvalue weighted by molar-refractivity contribution is 5.89. The molecule has 7 aromatic rings. The monoisotopic (exact) mass is 537 g/mol. The van der Waals surface area contributed by atoms with Crippen LogP contribution in [0.1, 0.15) is 23.4 Å². The Morgan fingerprint density at radius 1 is 0.381 bits per heavy atom. The Hall–Kier alpha value is -5.41. The van der Waals surface area contributed by atoms with Crippen molar-refractivity contribution in [3.05, 3.63) is 150 Å². The van der Waals surface area contributed by atoms with Crippen molar-refractivity contribution in [3.8, 4) is 33.9 Å². The smallest absolute Gasteiger partial charge is 0.164 e. The lowest BCUT2D eigenvalue weighted by atomic mass is 9.92. The van der Waals surface area contributed by atoms with Gasteiger partial charge in [-0.2, -0.15) is 0 Å². The van der Waals surface area contributed by atoms with Gasteiger partial charge in [-0.1, -0.05) is 121 Å². The molecule has 8 rings (SSSR count). The Labute approximate surface area is 244 Å². The standard InChI is InChI=1S/C39H27N3/c1-4-10-31-23-34(20-15-26(31)7-1)29-13-18-30(19-14-29)37-40-38(35-21-16-27-8-2-5-11-32(27)24-35)42-39(41-37)36-22-17-28-9-3-6-12-33(28)25-36/h1-16,18-21,23-25H,17,22H2. The summed E-state index contributed by atoms with van der Waals surface area (Å²) in [5.41, 5.74) is 8.08. The molecule has 42 heavy (non-hydrogen) atoms. The molecule has 0 spiro atoms. The van der Waals surface area contributed by atoms with Crippen molar-refractivity contribution in [2.24, 2.45) is 0 Å². The summed E-state index contributed by atoms with van der Waals surface area (Å²) in [6.07, 6.45) is 4.12. The van der Waals surface area contributed by atoms with Gasteiger partial charge in [0.2, 0.25) is 0 Å². The molecule has 198 valence electrons.